The van der Waals surface area contributed by atoms with E-state index in [4.69, 9.17) is 4.74 Å². The lowest BCUT2D eigenvalue weighted by Crippen LogP contribution is -2.43. The van der Waals surface area contributed by atoms with Crippen LogP contribution in [0.1, 0.15) is 35.7 Å². The maximum atomic E-state index is 12.2. The third kappa shape index (κ3) is 4.31. The van der Waals surface area contributed by atoms with Gasteiger partial charge in [0, 0.05) is 17.2 Å². The first kappa shape index (κ1) is 16.5. The van der Waals surface area contributed by atoms with Gasteiger partial charge in [0.25, 0.3) is 0 Å². The highest BCUT2D eigenvalue weighted by molar-refractivity contribution is 5.94. The summed E-state index contributed by atoms with van der Waals surface area (Å²) < 4.78 is 5.29. The highest BCUT2D eigenvalue weighted by atomic mass is 16.5. The molecular weight excluding hydrogens is 280 g/mol. The van der Waals surface area contributed by atoms with Crippen LogP contribution in [0, 0.1) is 0 Å². The van der Waals surface area contributed by atoms with Gasteiger partial charge >= 0.3 is 0 Å². The molecule has 0 saturated carbocycles. The lowest BCUT2D eigenvalue weighted by molar-refractivity contribution is -0.121. The predicted octanol–water partition coefficient (Wildman–Crippen LogP) is 1.65. The predicted molar refractivity (Wildman–Crippen MR) is 85.4 cm³/mol. The lowest BCUT2D eigenvalue weighted by Gasteiger charge is -2.29. The van der Waals surface area contributed by atoms with E-state index in [1.807, 2.05) is 0 Å². The molecule has 0 aromatic heterocycles. The lowest BCUT2D eigenvalue weighted by atomic mass is 10.0. The number of hydrogen-bond acceptors (Lipinski definition) is 4. The van der Waals surface area contributed by atoms with Crippen molar-refractivity contribution in [3.05, 3.63) is 29.3 Å². The first-order chi connectivity index (χ1) is 10.5. The Labute approximate surface area is 131 Å². The van der Waals surface area contributed by atoms with Crippen LogP contribution in [0.3, 0.4) is 0 Å². The topological polar surface area (TPSA) is 58.6 Å². The van der Waals surface area contributed by atoms with Crippen LogP contribution in [0.25, 0.3) is 0 Å². The molecule has 0 aliphatic carbocycles. The molecule has 1 N–H and O–H groups in total. The maximum absolute atomic E-state index is 12.2. The Balaban J connectivity index is 2.01. The molecule has 0 bridgehead atoms. The van der Waals surface area contributed by atoms with Gasteiger partial charge in [-0.05, 0) is 58.1 Å². The highest BCUT2D eigenvalue weighted by Crippen LogP contribution is 2.21. The van der Waals surface area contributed by atoms with E-state index in [9.17, 15) is 9.59 Å². The van der Waals surface area contributed by atoms with Gasteiger partial charge in [0.05, 0.1) is 13.5 Å². The van der Waals surface area contributed by atoms with Crippen molar-refractivity contribution in [1.29, 1.82) is 0 Å². The number of likely N-dealkylation sites (tertiary alicyclic amines) is 1. The molecule has 0 atom stereocenters. The number of ketones is 1. The number of rotatable bonds is 5. The molecule has 5 heteroatoms. The van der Waals surface area contributed by atoms with E-state index in [-0.39, 0.29) is 24.2 Å². The van der Waals surface area contributed by atoms with Gasteiger partial charge in [-0.3, -0.25) is 9.59 Å². The number of methoxy groups -OCH3 is 1. The summed E-state index contributed by atoms with van der Waals surface area (Å²) in [5.41, 5.74) is 1.35. The molecule has 1 heterocycles. The fraction of sp³-hybridized carbons (Fsp3) is 0.529. The van der Waals surface area contributed by atoms with Gasteiger partial charge in [-0.1, -0.05) is 0 Å². The summed E-state index contributed by atoms with van der Waals surface area (Å²) in [6, 6.07) is 5.45. The first-order valence-electron chi connectivity index (χ1n) is 7.65. The summed E-state index contributed by atoms with van der Waals surface area (Å²) in [5.74, 6) is 0.608. The molecule has 5 nitrogen and oxygen atoms in total. The van der Waals surface area contributed by atoms with E-state index in [1.54, 1.807) is 25.3 Å². The van der Waals surface area contributed by atoms with E-state index in [2.05, 4.69) is 17.3 Å². The molecular formula is C17H24N2O3. The summed E-state index contributed by atoms with van der Waals surface area (Å²) in [4.78, 5) is 26.0. The third-order valence-electron chi connectivity index (χ3n) is 4.12. The van der Waals surface area contributed by atoms with E-state index < -0.39 is 0 Å². The molecule has 120 valence electrons. The Kier molecular flexibility index (Phi) is 5.55. The fourth-order valence-corrected chi connectivity index (χ4v) is 2.74. The van der Waals surface area contributed by atoms with Crippen LogP contribution in [-0.2, 0) is 11.2 Å². The van der Waals surface area contributed by atoms with Gasteiger partial charge in [-0.15, -0.1) is 0 Å². The number of hydrogen-bond donors (Lipinski definition) is 1. The number of amides is 1. The summed E-state index contributed by atoms with van der Waals surface area (Å²) >= 11 is 0. The van der Waals surface area contributed by atoms with Gasteiger partial charge in [-0.25, -0.2) is 0 Å². The van der Waals surface area contributed by atoms with Crippen LogP contribution >= 0.6 is 0 Å². The second kappa shape index (κ2) is 7.40. The molecule has 1 aromatic rings. The number of ether oxygens (including phenoxy) is 1. The molecule has 1 saturated heterocycles. The van der Waals surface area contributed by atoms with Crippen molar-refractivity contribution in [2.24, 2.45) is 0 Å². The van der Waals surface area contributed by atoms with E-state index >= 15 is 0 Å². The van der Waals surface area contributed by atoms with Gasteiger partial charge in [0.15, 0.2) is 5.78 Å². The van der Waals surface area contributed by atoms with E-state index in [0.717, 1.165) is 31.5 Å². The van der Waals surface area contributed by atoms with Gasteiger partial charge in [0.2, 0.25) is 5.91 Å². The van der Waals surface area contributed by atoms with Gasteiger partial charge < -0.3 is 15.0 Å². The Bertz CT molecular complexity index is 549. The average molecular weight is 304 g/mol. The minimum absolute atomic E-state index is 0.0142. The zero-order valence-corrected chi connectivity index (χ0v) is 13.5. The zero-order valence-electron chi connectivity index (χ0n) is 13.5. The number of carbonyl (C=O) groups is 2. The molecule has 2 rings (SSSR count). The summed E-state index contributed by atoms with van der Waals surface area (Å²) in [7, 11) is 3.66. The number of piperidine rings is 1. The van der Waals surface area contributed by atoms with Crippen molar-refractivity contribution < 1.29 is 14.3 Å². The quantitative estimate of drug-likeness (QED) is 0.840. The summed E-state index contributed by atoms with van der Waals surface area (Å²) in [6.07, 6.45) is 2.19. The van der Waals surface area contributed by atoms with Crippen LogP contribution in [0.15, 0.2) is 18.2 Å². The third-order valence-corrected chi connectivity index (χ3v) is 4.12. The van der Waals surface area contributed by atoms with Crippen molar-refractivity contribution in [3.8, 4) is 5.75 Å². The van der Waals surface area contributed by atoms with Crippen LogP contribution in [0.5, 0.6) is 5.75 Å². The maximum Gasteiger partial charge on any atom is 0.224 e. The molecule has 1 amide bonds. The number of nitrogens with zero attached hydrogens (tertiary/aromatic N) is 1. The molecule has 0 spiro atoms. The van der Waals surface area contributed by atoms with Crippen molar-refractivity contribution in [3.63, 3.8) is 0 Å². The molecule has 1 fully saturated rings. The summed E-state index contributed by atoms with van der Waals surface area (Å²) in [6.45, 7) is 3.53. The monoisotopic (exact) mass is 304 g/mol. The molecule has 1 aliphatic rings. The van der Waals surface area contributed by atoms with E-state index in [1.165, 1.54) is 6.92 Å². The van der Waals surface area contributed by atoms with Crippen LogP contribution in [0.2, 0.25) is 0 Å². The number of nitrogens with one attached hydrogen (secondary N) is 1. The van der Waals surface area contributed by atoms with Crippen LogP contribution in [0.4, 0.5) is 0 Å². The van der Waals surface area contributed by atoms with Crippen LogP contribution < -0.4 is 10.1 Å². The minimum atomic E-state index is -0.0199. The second-order valence-corrected chi connectivity index (χ2v) is 5.90. The van der Waals surface area contributed by atoms with Crippen molar-refractivity contribution in [2.45, 2.75) is 32.2 Å². The van der Waals surface area contributed by atoms with Crippen molar-refractivity contribution >= 4 is 11.7 Å². The Morgan fingerprint density at radius 1 is 1.32 bits per heavy atom. The second-order valence-electron chi connectivity index (χ2n) is 5.90. The Morgan fingerprint density at radius 2 is 2.00 bits per heavy atom. The SMILES string of the molecule is COc1ccc(C(C)=O)cc1CC(=O)NC1CCN(C)CC1. The molecule has 22 heavy (non-hydrogen) atoms. The van der Waals surface area contributed by atoms with Gasteiger partial charge in [-0.2, -0.15) is 0 Å². The van der Waals surface area contributed by atoms with Crippen molar-refractivity contribution in [1.82, 2.24) is 10.2 Å². The van der Waals surface area contributed by atoms with Crippen LogP contribution in [-0.4, -0.2) is 49.9 Å². The smallest absolute Gasteiger partial charge is 0.224 e. The van der Waals surface area contributed by atoms with Gasteiger partial charge in [0.1, 0.15) is 5.75 Å². The Hall–Kier alpha value is -1.88. The Morgan fingerprint density at radius 3 is 2.59 bits per heavy atom. The zero-order chi connectivity index (χ0) is 16.1. The normalized spacial score (nSPS) is 16.3. The average Bonchev–Trinajstić information content (AvgIpc) is 2.49. The molecule has 1 aliphatic heterocycles. The molecule has 1 aromatic carbocycles. The number of carbonyl (C=O) groups excluding carboxylic acids is 2. The fourth-order valence-electron chi connectivity index (χ4n) is 2.74. The standard InChI is InChI=1S/C17H24N2O3/c1-12(20)13-4-5-16(22-3)14(10-13)11-17(21)18-15-6-8-19(2)9-7-15/h4-5,10,15H,6-9,11H2,1-3H3,(H,18,21). The molecule has 0 radical (unpaired) electrons. The minimum Gasteiger partial charge on any atom is -0.496 e. The van der Waals surface area contributed by atoms with E-state index in [0.29, 0.717) is 11.3 Å². The number of Topliss-reactive ketones (excluding diaryl/α,β-unsaturated/α-hetero) is 1. The highest BCUT2D eigenvalue weighted by Gasteiger charge is 2.19. The largest absolute Gasteiger partial charge is 0.496 e. The number of benzene rings is 1. The first-order valence-corrected chi connectivity index (χ1v) is 7.65. The molecule has 0 unspecified atom stereocenters. The summed E-state index contributed by atoms with van der Waals surface area (Å²) in [5, 5.41) is 3.08. The van der Waals surface area contributed by atoms with Crippen molar-refractivity contribution in [2.75, 3.05) is 27.2 Å².